The SMILES string of the molecule is CC.Fc1ccc(-c2nc(CCl)co2)cc1.NC(=O)c1ccc(F)cc1.O=C(CCl)CCl. The molecule has 0 bridgehead atoms. The molecule has 5 nitrogen and oxygen atoms in total. The van der Waals surface area contributed by atoms with Crippen LogP contribution in [0.2, 0.25) is 0 Å². The summed E-state index contributed by atoms with van der Waals surface area (Å²) in [5, 5.41) is 0. The van der Waals surface area contributed by atoms with Crippen LogP contribution >= 0.6 is 34.8 Å². The number of nitrogens with two attached hydrogens (primary N) is 1. The largest absolute Gasteiger partial charge is 0.444 e. The van der Waals surface area contributed by atoms with E-state index in [2.05, 4.69) is 4.98 Å². The number of carbonyl (C=O) groups excluding carboxylic acids is 2. The second kappa shape index (κ2) is 17.1. The number of primary amides is 1. The van der Waals surface area contributed by atoms with E-state index in [1.54, 1.807) is 12.1 Å². The molecule has 2 aromatic carbocycles. The van der Waals surface area contributed by atoms with Gasteiger partial charge in [-0.15, -0.1) is 34.8 Å². The molecule has 0 atom stereocenters. The van der Waals surface area contributed by atoms with Gasteiger partial charge < -0.3 is 10.2 Å². The summed E-state index contributed by atoms with van der Waals surface area (Å²) in [6.07, 6.45) is 1.49. The number of hydrogen-bond acceptors (Lipinski definition) is 4. The Morgan fingerprint density at radius 1 is 0.906 bits per heavy atom. The van der Waals surface area contributed by atoms with E-state index >= 15 is 0 Å². The molecule has 0 radical (unpaired) electrons. The molecule has 0 aliphatic rings. The molecule has 1 heterocycles. The highest BCUT2D eigenvalue weighted by Gasteiger charge is 2.05. The lowest BCUT2D eigenvalue weighted by molar-refractivity contribution is -0.114. The second-order valence-electron chi connectivity index (χ2n) is 5.46. The van der Waals surface area contributed by atoms with Gasteiger partial charge in [0.2, 0.25) is 11.8 Å². The van der Waals surface area contributed by atoms with Crippen molar-refractivity contribution in [1.29, 1.82) is 0 Å². The number of carbonyl (C=O) groups is 2. The second-order valence-corrected chi connectivity index (χ2v) is 6.26. The molecule has 2 N–H and O–H groups in total. The highest BCUT2D eigenvalue weighted by molar-refractivity contribution is 6.35. The lowest BCUT2D eigenvalue weighted by Crippen LogP contribution is -2.10. The normalized spacial score (nSPS) is 9.22. The molecule has 174 valence electrons. The van der Waals surface area contributed by atoms with Crippen molar-refractivity contribution in [1.82, 2.24) is 4.98 Å². The summed E-state index contributed by atoms with van der Waals surface area (Å²) in [4.78, 5) is 24.4. The molecule has 1 amide bonds. The van der Waals surface area contributed by atoms with Gasteiger partial charge in [0.15, 0.2) is 5.78 Å². The Hall–Kier alpha value is -2.48. The Bertz CT molecular complexity index is 928. The monoisotopic (exact) mass is 506 g/mol. The summed E-state index contributed by atoms with van der Waals surface area (Å²) in [7, 11) is 0. The third-order valence-electron chi connectivity index (χ3n) is 3.21. The van der Waals surface area contributed by atoms with E-state index in [1.807, 2.05) is 13.8 Å². The zero-order chi connectivity index (χ0) is 24.5. The van der Waals surface area contributed by atoms with Gasteiger partial charge in [-0.05, 0) is 48.5 Å². The summed E-state index contributed by atoms with van der Waals surface area (Å²) >= 11 is 15.6. The van der Waals surface area contributed by atoms with Crippen LogP contribution in [0.1, 0.15) is 29.9 Å². The van der Waals surface area contributed by atoms with Crippen LogP contribution in [0.4, 0.5) is 8.78 Å². The van der Waals surface area contributed by atoms with Gasteiger partial charge >= 0.3 is 0 Å². The third kappa shape index (κ3) is 11.8. The van der Waals surface area contributed by atoms with Crippen LogP contribution in [0.3, 0.4) is 0 Å². The molecule has 3 aromatic rings. The maximum atomic E-state index is 12.6. The number of Topliss-reactive ketones (excluding diaryl/α,β-unsaturated/α-hetero) is 1. The van der Waals surface area contributed by atoms with E-state index in [1.165, 1.54) is 42.7 Å². The van der Waals surface area contributed by atoms with Gasteiger partial charge in [-0.25, -0.2) is 13.8 Å². The Kier molecular flexibility index (Phi) is 15.8. The van der Waals surface area contributed by atoms with Gasteiger partial charge in [0.05, 0.1) is 23.3 Å². The van der Waals surface area contributed by atoms with Crippen molar-refractivity contribution in [3.63, 3.8) is 0 Å². The van der Waals surface area contributed by atoms with Crippen LogP contribution < -0.4 is 5.73 Å². The maximum absolute atomic E-state index is 12.6. The molecule has 0 aliphatic carbocycles. The summed E-state index contributed by atoms with van der Waals surface area (Å²) < 4.78 is 30.0. The van der Waals surface area contributed by atoms with Gasteiger partial charge in [0.25, 0.3) is 0 Å². The fourth-order valence-corrected chi connectivity index (χ4v) is 2.15. The first-order valence-electron chi connectivity index (χ1n) is 9.26. The van der Waals surface area contributed by atoms with Gasteiger partial charge in [-0.3, -0.25) is 9.59 Å². The lowest BCUT2D eigenvalue weighted by Gasteiger charge is -1.93. The van der Waals surface area contributed by atoms with Gasteiger partial charge in [0, 0.05) is 11.1 Å². The highest BCUT2D eigenvalue weighted by atomic mass is 35.5. The van der Waals surface area contributed by atoms with Crippen molar-refractivity contribution >= 4 is 46.5 Å². The fraction of sp³-hybridized carbons (Fsp3) is 0.227. The number of aromatic nitrogens is 1. The first-order chi connectivity index (χ1) is 15.3. The quantitative estimate of drug-likeness (QED) is 0.416. The molecule has 0 fully saturated rings. The number of oxazole rings is 1. The van der Waals surface area contributed by atoms with E-state index in [4.69, 9.17) is 45.0 Å². The summed E-state index contributed by atoms with van der Waals surface area (Å²) in [6, 6.07) is 11.0. The number of nitrogens with zero attached hydrogens (tertiary/aromatic N) is 1. The van der Waals surface area contributed by atoms with Crippen LogP contribution in [0, 0.1) is 11.6 Å². The average Bonchev–Trinajstić information content (AvgIpc) is 3.31. The predicted molar refractivity (Wildman–Crippen MR) is 124 cm³/mol. The number of alkyl halides is 3. The molecule has 32 heavy (non-hydrogen) atoms. The molecule has 10 heteroatoms. The van der Waals surface area contributed by atoms with Crippen LogP contribution in [-0.2, 0) is 10.7 Å². The molecular weight excluding hydrogens is 485 g/mol. The minimum absolute atomic E-state index is 0.0312. The summed E-state index contributed by atoms with van der Waals surface area (Å²) in [5.74, 6) is -0.487. The van der Waals surface area contributed by atoms with E-state index in [0.29, 0.717) is 23.0 Å². The fourth-order valence-electron chi connectivity index (χ4n) is 1.74. The van der Waals surface area contributed by atoms with Crippen molar-refractivity contribution in [3.8, 4) is 11.5 Å². The molecule has 0 aliphatic heterocycles. The minimum atomic E-state index is -0.542. The average molecular weight is 508 g/mol. The van der Waals surface area contributed by atoms with E-state index in [9.17, 15) is 18.4 Å². The van der Waals surface area contributed by atoms with Crippen LogP contribution in [0.25, 0.3) is 11.5 Å². The van der Waals surface area contributed by atoms with Gasteiger partial charge in [-0.1, -0.05) is 13.8 Å². The van der Waals surface area contributed by atoms with Crippen molar-refractivity contribution in [2.24, 2.45) is 5.73 Å². The van der Waals surface area contributed by atoms with Crippen LogP contribution in [0.5, 0.6) is 0 Å². The highest BCUT2D eigenvalue weighted by Crippen LogP contribution is 2.19. The van der Waals surface area contributed by atoms with E-state index in [-0.39, 0.29) is 29.2 Å². The van der Waals surface area contributed by atoms with Crippen molar-refractivity contribution in [3.05, 3.63) is 77.7 Å². The van der Waals surface area contributed by atoms with Crippen LogP contribution in [-0.4, -0.2) is 28.4 Å². The first-order valence-corrected chi connectivity index (χ1v) is 10.9. The topological polar surface area (TPSA) is 86.2 Å². The van der Waals surface area contributed by atoms with Crippen molar-refractivity contribution in [2.75, 3.05) is 11.8 Å². The Morgan fingerprint density at radius 3 is 1.72 bits per heavy atom. The van der Waals surface area contributed by atoms with Crippen molar-refractivity contribution in [2.45, 2.75) is 19.7 Å². The summed E-state index contributed by atoms with van der Waals surface area (Å²) in [6.45, 7) is 4.00. The minimum Gasteiger partial charge on any atom is -0.444 e. The molecule has 0 saturated heterocycles. The number of amides is 1. The summed E-state index contributed by atoms with van der Waals surface area (Å²) in [5.41, 5.74) is 6.63. The maximum Gasteiger partial charge on any atom is 0.248 e. The number of ketones is 1. The standard InChI is InChI=1S/C10H7ClFNO.C7H6FNO.C3H4Cl2O.C2H6/c11-5-9-6-14-10(13-9)7-1-3-8(12)4-2-7;8-6-3-1-5(2-4-6)7(9)10;4-1-3(6)2-5;1-2/h1-4,6H,5H2;1-4H,(H2,9,10);1-2H2;1-2H3. The van der Waals surface area contributed by atoms with Gasteiger partial charge in [0.1, 0.15) is 17.9 Å². The molecule has 0 saturated carbocycles. The molecular formula is C22H23Cl3F2N2O3. The van der Waals surface area contributed by atoms with Crippen LogP contribution in [0.15, 0.2) is 59.2 Å². The van der Waals surface area contributed by atoms with Gasteiger partial charge in [-0.2, -0.15) is 0 Å². The molecule has 3 rings (SSSR count). The van der Waals surface area contributed by atoms with E-state index in [0.717, 1.165) is 5.56 Å². The third-order valence-corrected chi connectivity index (χ3v) is 4.08. The Morgan fingerprint density at radius 2 is 1.38 bits per heavy atom. The first kappa shape index (κ1) is 29.5. The zero-order valence-electron chi connectivity index (χ0n) is 17.5. The lowest BCUT2D eigenvalue weighted by atomic mass is 10.2. The number of rotatable bonds is 5. The zero-order valence-corrected chi connectivity index (χ0v) is 19.7. The Labute approximate surface area is 200 Å². The predicted octanol–water partition coefficient (Wildman–Crippen LogP) is 6.20. The smallest absolute Gasteiger partial charge is 0.248 e. The molecule has 0 unspecified atom stereocenters. The molecule has 1 aromatic heterocycles. The number of benzene rings is 2. The number of hydrogen-bond donors (Lipinski definition) is 1. The number of halogens is 5. The molecule has 0 spiro atoms. The van der Waals surface area contributed by atoms with E-state index < -0.39 is 5.91 Å². The Balaban J connectivity index is 0.000000469. The van der Waals surface area contributed by atoms with Crippen molar-refractivity contribution < 1.29 is 22.8 Å².